The maximum atomic E-state index is 12.3. The first-order valence-electron chi connectivity index (χ1n) is 7.51. The smallest absolute Gasteiger partial charge is 0.279 e. The van der Waals surface area contributed by atoms with Gasteiger partial charge in [-0.25, -0.2) is 8.42 Å². The molecule has 0 saturated carbocycles. The van der Waals surface area contributed by atoms with Crippen molar-refractivity contribution in [1.29, 1.82) is 0 Å². The topological polar surface area (TPSA) is 67.7 Å². The van der Waals surface area contributed by atoms with E-state index in [1.54, 1.807) is 30.3 Å². The maximum absolute atomic E-state index is 12.3. The lowest BCUT2D eigenvalue weighted by Crippen LogP contribution is -3.08. The highest BCUT2D eigenvalue weighted by atomic mass is 35.5. The molecule has 0 aliphatic heterocycles. The van der Waals surface area contributed by atoms with Crippen molar-refractivity contribution in [3.63, 3.8) is 0 Å². The van der Waals surface area contributed by atoms with Gasteiger partial charge < -0.3 is 10.2 Å². The van der Waals surface area contributed by atoms with Gasteiger partial charge in [0.2, 0.25) is 0 Å². The molecule has 0 radical (unpaired) electrons. The molecular formula is C17H19Cl2N2O3S+. The zero-order valence-electron chi connectivity index (χ0n) is 13.8. The number of anilines is 1. The number of amides is 1. The number of halogens is 2. The Morgan fingerprint density at radius 3 is 2.48 bits per heavy atom. The van der Waals surface area contributed by atoms with Gasteiger partial charge in [-0.3, -0.25) is 4.79 Å². The molecule has 2 aromatic carbocycles. The lowest BCUT2D eigenvalue weighted by molar-refractivity contribution is -0.885. The average Bonchev–Trinajstić information content (AvgIpc) is 2.51. The summed E-state index contributed by atoms with van der Waals surface area (Å²) in [5, 5.41) is 3.61. The first kappa shape index (κ1) is 19.7. The van der Waals surface area contributed by atoms with Crippen molar-refractivity contribution in [3.05, 3.63) is 58.1 Å². The van der Waals surface area contributed by atoms with E-state index < -0.39 is 9.84 Å². The fraction of sp³-hybridized carbons (Fsp3) is 0.235. The van der Waals surface area contributed by atoms with Gasteiger partial charge in [-0.1, -0.05) is 47.5 Å². The van der Waals surface area contributed by atoms with Gasteiger partial charge in [0.05, 0.1) is 27.7 Å². The molecule has 0 bridgehead atoms. The number of para-hydroxylation sites is 1. The number of quaternary nitrogens is 1. The summed E-state index contributed by atoms with van der Waals surface area (Å²) < 4.78 is 23.6. The molecule has 2 N–H and O–H groups in total. The molecule has 0 saturated heterocycles. The van der Waals surface area contributed by atoms with Gasteiger partial charge in [-0.15, -0.1) is 0 Å². The normalized spacial score (nSPS) is 12.6. The Morgan fingerprint density at radius 2 is 1.80 bits per heavy atom. The highest BCUT2D eigenvalue weighted by Gasteiger charge is 2.17. The summed E-state index contributed by atoms with van der Waals surface area (Å²) in [4.78, 5) is 13.2. The third-order valence-electron chi connectivity index (χ3n) is 3.55. The molecule has 0 heterocycles. The zero-order valence-corrected chi connectivity index (χ0v) is 16.2. The number of rotatable bonds is 6. The van der Waals surface area contributed by atoms with Crippen LogP contribution in [0.2, 0.25) is 10.0 Å². The molecule has 2 rings (SSSR count). The standard InChI is InChI=1S/C17H18Cl2N2O3S/c1-21(10-12-6-5-7-13(18)17(12)19)11-16(22)20-14-8-3-4-9-15(14)25(2,23)24/h3-9H,10-11H2,1-2H3,(H,20,22)/p+1. The molecule has 1 unspecified atom stereocenters. The molecule has 0 fully saturated rings. The SMILES string of the molecule is C[NH+](CC(=O)Nc1ccccc1S(C)(=O)=O)Cc1cccc(Cl)c1Cl. The summed E-state index contributed by atoms with van der Waals surface area (Å²) in [5.41, 5.74) is 1.12. The third kappa shape index (κ3) is 5.44. The molecule has 0 spiro atoms. The minimum absolute atomic E-state index is 0.0962. The van der Waals surface area contributed by atoms with Crippen molar-refractivity contribution >= 4 is 44.6 Å². The van der Waals surface area contributed by atoms with Crippen LogP contribution in [0.25, 0.3) is 0 Å². The molecule has 134 valence electrons. The van der Waals surface area contributed by atoms with E-state index in [0.717, 1.165) is 16.7 Å². The van der Waals surface area contributed by atoms with Crippen molar-refractivity contribution in [2.45, 2.75) is 11.4 Å². The highest BCUT2D eigenvalue weighted by Crippen LogP contribution is 2.24. The van der Waals surface area contributed by atoms with Gasteiger partial charge in [0.15, 0.2) is 16.4 Å². The quantitative estimate of drug-likeness (QED) is 0.777. The summed E-state index contributed by atoms with van der Waals surface area (Å²) in [6.45, 7) is 0.668. The van der Waals surface area contributed by atoms with Crippen molar-refractivity contribution in [1.82, 2.24) is 0 Å². The first-order chi connectivity index (χ1) is 11.7. The molecular weight excluding hydrogens is 383 g/mol. The minimum atomic E-state index is -3.42. The number of carbonyl (C=O) groups is 1. The lowest BCUT2D eigenvalue weighted by Gasteiger charge is -2.16. The molecule has 5 nitrogen and oxygen atoms in total. The predicted octanol–water partition coefficient (Wildman–Crippen LogP) is 2.05. The number of hydrogen-bond donors (Lipinski definition) is 2. The Kier molecular flexibility index (Phi) is 6.46. The van der Waals surface area contributed by atoms with E-state index in [2.05, 4.69) is 5.32 Å². The van der Waals surface area contributed by atoms with Gasteiger partial charge in [0.25, 0.3) is 5.91 Å². The second-order valence-electron chi connectivity index (χ2n) is 5.84. The van der Waals surface area contributed by atoms with E-state index in [4.69, 9.17) is 23.2 Å². The van der Waals surface area contributed by atoms with Crippen LogP contribution < -0.4 is 10.2 Å². The molecule has 2 aromatic rings. The molecule has 0 aliphatic carbocycles. The predicted molar refractivity (Wildman–Crippen MR) is 100 cm³/mol. The van der Waals surface area contributed by atoms with Crippen LogP contribution in [0.3, 0.4) is 0 Å². The number of likely N-dealkylation sites (N-methyl/N-ethyl adjacent to an activating group) is 1. The summed E-state index contributed by atoms with van der Waals surface area (Å²) in [6, 6.07) is 11.7. The molecule has 8 heteroatoms. The van der Waals surface area contributed by atoms with E-state index >= 15 is 0 Å². The van der Waals surface area contributed by atoms with Gasteiger partial charge in [-0.2, -0.15) is 0 Å². The van der Waals surface area contributed by atoms with Gasteiger partial charge in [0.1, 0.15) is 6.54 Å². The largest absolute Gasteiger partial charge is 0.326 e. The van der Waals surface area contributed by atoms with Crippen LogP contribution in [0.1, 0.15) is 5.56 Å². The summed E-state index contributed by atoms with van der Waals surface area (Å²) in [6.07, 6.45) is 1.11. The highest BCUT2D eigenvalue weighted by molar-refractivity contribution is 7.90. The number of nitrogens with one attached hydrogen (secondary N) is 2. The maximum Gasteiger partial charge on any atom is 0.279 e. The van der Waals surface area contributed by atoms with Crippen molar-refractivity contribution in [3.8, 4) is 0 Å². The van der Waals surface area contributed by atoms with Crippen LogP contribution in [0.15, 0.2) is 47.4 Å². The van der Waals surface area contributed by atoms with Crippen LogP contribution in [-0.4, -0.2) is 34.2 Å². The van der Waals surface area contributed by atoms with Crippen LogP contribution in [0.5, 0.6) is 0 Å². The number of sulfone groups is 1. The number of hydrogen-bond acceptors (Lipinski definition) is 3. The molecule has 1 atom stereocenters. The van der Waals surface area contributed by atoms with Crippen molar-refractivity contribution in [2.75, 3.05) is 25.2 Å². The molecule has 25 heavy (non-hydrogen) atoms. The molecule has 1 amide bonds. The Bertz CT molecular complexity index is 885. The van der Waals surface area contributed by atoms with Crippen LogP contribution in [0.4, 0.5) is 5.69 Å². The lowest BCUT2D eigenvalue weighted by atomic mass is 10.2. The Balaban J connectivity index is 2.05. The van der Waals surface area contributed by atoms with Gasteiger partial charge >= 0.3 is 0 Å². The fourth-order valence-corrected chi connectivity index (χ4v) is 3.67. The third-order valence-corrected chi connectivity index (χ3v) is 5.56. The monoisotopic (exact) mass is 401 g/mol. The molecule has 0 aromatic heterocycles. The van der Waals surface area contributed by atoms with Crippen molar-refractivity contribution in [2.24, 2.45) is 0 Å². The summed E-state index contributed by atoms with van der Waals surface area (Å²) >= 11 is 12.2. The van der Waals surface area contributed by atoms with Gasteiger partial charge in [0, 0.05) is 11.8 Å². The van der Waals surface area contributed by atoms with E-state index in [1.165, 1.54) is 6.07 Å². The van der Waals surface area contributed by atoms with Crippen LogP contribution >= 0.6 is 23.2 Å². The van der Waals surface area contributed by atoms with E-state index in [0.29, 0.717) is 16.6 Å². The second kappa shape index (κ2) is 8.19. The van der Waals surface area contributed by atoms with E-state index in [9.17, 15) is 13.2 Å². The van der Waals surface area contributed by atoms with Gasteiger partial charge in [-0.05, 0) is 18.2 Å². The Hall–Kier alpha value is -1.60. The summed E-state index contributed by atoms with van der Waals surface area (Å²) in [5.74, 6) is -0.285. The number of carbonyl (C=O) groups excluding carboxylic acids is 1. The van der Waals surface area contributed by atoms with Crippen LogP contribution in [0, 0.1) is 0 Å². The van der Waals surface area contributed by atoms with E-state index in [-0.39, 0.29) is 23.0 Å². The Morgan fingerprint density at radius 1 is 1.12 bits per heavy atom. The summed E-state index contributed by atoms with van der Waals surface area (Å²) in [7, 11) is -1.57. The van der Waals surface area contributed by atoms with Crippen LogP contribution in [-0.2, 0) is 21.2 Å². The first-order valence-corrected chi connectivity index (χ1v) is 10.2. The second-order valence-corrected chi connectivity index (χ2v) is 8.61. The fourth-order valence-electron chi connectivity index (χ4n) is 2.43. The molecule has 0 aliphatic rings. The Labute approximate surface area is 157 Å². The zero-order chi connectivity index (χ0) is 18.6. The van der Waals surface area contributed by atoms with E-state index in [1.807, 2.05) is 13.1 Å². The number of benzene rings is 2. The van der Waals surface area contributed by atoms with Crippen molar-refractivity contribution < 1.29 is 18.1 Å². The average molecular weight is 402 g/mol. The minimum Gasteiger partial charge on any atom is -0.326 e.